The normalized spacial score (nSPS) is 22.6. The Morgan fingerprint density at radius 1 is 1.10 bits per heavy atom. The molecule has 2 fully saturated rings. The number of halogens is 2. The van der Waals surface area contributed by atoms with Crippen LogP contribution < -0.4 is 15.1 Å². The molecule has 10 nitrogen and oxygen atoms in total. The smallest absolute Gasteiger partial charge is 0.263 e. The number of carbonyl (C=O) groups excluding carboxylic acids is 1. The topological polar surface area (TPSA) is 111 Å². The first-order valence-electron chi connectivity index (χ1n) is 13.0. The van der Waals surface area contributed by atoms with Crippen LogP contribution in [0.25, 0.3) is 10.8 Å². The van der Waals surface area contributed by atoms with Crippen molar-refractivity contribution >= 4 is 40.1 Å². The molecule has 2 saturated heterocycles. The van der Waals surface area contributed by atoms with E-state index in [1.54, 1.807) is 48.6 Å². The number of hydrogen-bond donors (Lipinski definition) is 2. The summed E-state index contributed by atoms with van der Waals surface area (Å²) in [5, 5.41) is 14.8. The number of alkyl halides is 2. The van der Waals surface area contributed by atoms with Crippen molar-refractivity contribution in [3.8, 4) is 0 Å². The molecule has 208 valence electrons. The highest BCUT2D eigenvalue weighted by Crippen LogP contribution is 2.38. The Balaban J connectivity index is 1.41. The third-order valence-electron chi connectivity index (χ3n) is 7.42. The van der Waals surface area contributed by atoms with Gasteiger partial charge in [-0.15, -0.1) is 0 Å². The Labute approximate surface area is 226 Å². The van der Waals surface area contributed by atoms with Gasteiger partial charge in [-0.25, -0.2) is 23.7 Å². The summed E-state index contributed by atoms with van der Waals surface area (Å²) in [6.45, 7) is 5.83. The fourth-order valence-electron chi connectivity index (χ4n) is 5.18. The monoisotopic (exact) mass is 540 g/mol. The molecule has 0 bridgehead atoms. The number of nitrogens with zero attached hydrogens (tertiary/aromatic N) is 7. The summed E-state index contributed by atoms with van der Waals surface area (Å²) in [6, 6.07) is 3.60. The Bertz CT molecular complexity index is 1390. The summed E-state index contributed by atoms with van der Waals surface area (Å²) in [6.07, 6.45) is 4.35. The fourth-order valence-corrected chi connectivity index (χ4v) is 5.18. The highest BCUT2D eigenvalue weighted by Gasteiger charge is 2.51. The van der Waals surface area contributed by atoms with Crippen LogP contribution in [0.3, 0.4) is 0 Å². The van der Waals surface area contributed by atoms with Gasteiger partial charge in [0.2, 0.25) is 11.6 Å². The van der Waals surface area contributed by atoms with Gasteiger partial charge in [0.15, 0.2) is 5.67 Å². The number of hydrogen-bond acceptors (Lipinski definition) is 9. The van der Waals surface area contributed by atoms with Gasteiger partial charge in [-0.1, -0.05) is 13.8 Å². The first-order chi connectivity index (χ1) is 18.4. The van der Waals surface area contributed by atoms with E-state index in [-0.39, 0.29) is 25.6 Å². The molecular weight excluding hydrogens is 506 g/mol. The number of nitrogens with one attached hydrogen (secondary N) is 1. The number of anilines is 4. The zero-order valence-corrected chi connectivity index (χ0v) is 22.8. The molecule has 0 unspecified atom stereocenters. The highest BCUT2D eigenvalue weighted by molar-refractivity contribution is 5.97. The van der Waals surface area contributed by atoms with Crippen LogP contribution in [0, 0.1) is 0 Å². The lowest BCUT2D eigenvalue weighted by molar-refractivity contribution is -0.143. The van der Waals surface area contributed by atoms with E-state index < -0.39 is 23.3 Å². The van der Waals surface area contributed by atoms with Crippen LogP contribution in [0.4, 0.5) is 32.2 Å². The minimum atomic E-state index is -1.93. The van der Waals surface area contributed by atoms with Gasteiger partial charge in [0, 0.05) is 44.6 Å². The lowest BCUT2D eigenvalue weighted by Gasteiger charge is -2.45. The fraction of sp³-hybridized carbons (Fsp3) is 0.519. The van der Waals surface area contributed by atoms with E-state index in [4.69, 9.17) is 0 Å². The summed E-state index contributed by atoms with van der Waals surface area (Å²) >= 11 is 0. The average molecular weight is 541 g/mol. The molecule has 3 aromatic rings. The largest absolute Gasteiger partial charge is 0.390 e. The molecule has 1 amide bonds. The third kappa shape index (κ3) is 5.05. The van der Waals surface area contributed by atoms with Crippen molar-refractivity contribution in [1.29, 1.82) is 0 Å². The predicted octanol–water partition coefficient (Wildman–Crippen LogP) is 3.20. The summed E-state index contributed by atoms with van der Waals surface area (Å²) in [5.74, 6) is 1.61. The van der Waals surface area contributed by atoms with Gasteiger partial charge in [-0.05, 0) is 42.3 Å². The number of aliphatic hydroxyl groups excluding tert-OH is 1. The van der Waals surface area contributed by atoms with E-state index in [1.165, 1.54) is 11.8 Å². The first kappa shape index (κ1) is 26.9. The second kappa shape index (κ2) is 9.82. The average Bonchev–Trinajstić information content (AvgIpc) is 2.87. The van der Waals surface area contributed by atoms with Crippen molar-refractivity contribution in [2.75, 3.05) is 55.4 Å². The first-order valence-corrected chi connectivity index (χ1v) is 13.0. The van der Waals surface area contributed by atoms with Gasteiger partial charge in [0.1, 0.15) is 17.5 Å². The Kier molecular flexibility index (Phi) is 6.78. The molecule has 0 saturated carbocycles. The van der Waals surface area contributed by atoms with Crippen molar-refractivity contribution in [2.45, 2.75) is 50.6 Å². The third-order valence-corrected chi connectivity index (χ3v) is 7.42. The van der Waals surface area contributed by atoms with Crippen molar-refractivity contribution in [3.63, 3.8) is 0 Å². The van der Waals surface area contributed by atoms with Crippen molar-refractivity contribution in [2.24, 2.45) is 0 Å². The quantitative estimate of drug-likeness (QED) is 0.487. The maximum Gasteiger partial charge on any atom is 0.263 e. The number of pyridine rings is 2. The Morgan fingerprint density at radius 3 is 2.51 bits per heavy atom. The molecule has 3 aromatic heterocycles. The van der Waals surface area contributed by atoms with Crippen LogP contribution in [0.1, 0.15) is 38.7 Å². The van der Waals surface area contributed by atoms with Crippen LogP contribution in [-0.4, -0.2) is 93.6 Å². The van der Waals surface area contributed by atoms with Crippen LogP contribution in [0.2, 0.25) is 0 Å². The van der Waals surface area contributed by atoms with Crippen molar-refractivity contribution in [1.82, 2.24) is 24.8 Å². The highest BCUT2D eigenvalue weighted by atomic mass is 19.1. The van der Waals surface area contributed by atoms with Gasteiger partial charge in [-0.2, -0.15) is 4.98 Å². The minimum Gasteiger partial charge on any atom is -0.390 e. The lowest BCUT2D eigenvalue weighted by atomic mass is 9.93. The van der Waals surface area contributed by atoms with Gasteiger partial charge in [-0.3, -0.25) is 4.79 Å². The molecule has 2 N–H and O–H groups in total. The molecule has 39 heavy (non-hydrogen) atoms. The van der Waals surface area contributed by atoms with Gasteiger partial charge in [0.25, 0.3) is 5.91 Å². The number of carbonyl (C=O) groups is 1. The van der Waals surface area contributed by atoms with Gasteiger partial charge < -0.3 is 25.1 Å². The van der Waals surface area contributed by atoms with E-state index in [2.05, 4.69) is 39.1 Å². The molecule has 2 aliphatic rings. The number of piperidine rings is 1. The Hall–Kier alpha value is -3.67. The standard InChI is InChI=1S/C27H34F2N8O2/c1-16(2)18-11-32-23(37-14-27(29,15-37)24(39)35(4)5)19-12-31-22(10-17(18)19)33-21-6-8-30-25(34-21)36-9-7-20(38)26(3,28)13-36/h6,8,10-12,16,20,38H,7,9,13-15H2,1-5H3,(H,30,31,33,34)/t20-,26+/m1/s1. The van der Waals surface area contributed by atoms with E-state index >= 15 is 4.39 Å². The van der Waals surface area contributed by atoms with E-state index in [9.17, 15) is 14.3 Å². The number of fused-ring (bicyclic) bond motifs is 1. The van der Waals surface area contributed by atoms with Crippen molar-refractivity contribution in [3.05, 3.63) is 36.3 Å². The molecule has 2 aliphatic heterocycles. The van der Waals surface area contributed by atoms with Crippen molar-refractivity contribution < 1.29 is 18.7 Å². The predicted molar refractivity (Wildman–Crippen MR) is 146 cm³/mol. The summed E-state index contributed by atoms with van der Waals surface area (Å²) in [7, 11) is 3.09. The zero-order chi connectivity index (χ0) is 28.1. The van der Waals surface area contributed by atoms with E-state index in [0.29, 0.717) is 36.4 Å². The van der Waals surface area contributed by atoms with Gasteiger partial charge >= 0.3 is 0 Å². The molecule has 5 heterocycles. The van der Waals surface area contributed by atoms with E-state index in [0.717, 1.165) is 16.3 Å². The van der Waals surface area contributed by atoms with Crippen LogP contribution in [0.5, 0.6) is 0 Å². The minimum absolute atomic E-state index is 0.00379. The summed E-state index contributed by atoms with van der Waals surface area (Å²) < 4.78 is 29.8. The zero-order valence-electron chi connectivity index (χ0n) is 22.8. The van der Waals surface area contributed by atoms with Crippen LogP contribution in [-0.2, 0) is 4.79 Å². The molecule has 2 atom stereocenters. The number of amides is 1. The number of aromatic nitrogens is 4. The summed E-state index contributed by atoms with van der Waals surface area (Å²) in [5.41, 5.74) is -2.67. The maximum atomic E-state index is 15.1. The Morgan fingerprint density at radius 2 is 1.85 bits per heavy atom. The van der Waals surface area contributed by atoms with Crippen LogP contribution in [0.15, 0.2) is 30.7 Å². The van der Waals surface area contributed by atoms with Gasteiger partial charge in [0.05, 0.1) is 25.7 Å². The molecule has 0 spiro atoms. The SMILES string of the molecule is CC(C)c1cnc(N2CC(F)(C(=O)N(C)C)C2)c2cnc(Nc3ccnc(N4CC[C@@H](O)[C@@](C)(F)C4)n3)cc12. The maximum absolute atomic E-state index is 15.1. The molecule has 5 rings (SSSR count). The molecule has 0 radical (unpaired) electrons. The second-order valence-corrected chi connectivity index (χ2v) is 11.2. The molecule has 0 aromatic carbocycles. The number of aliphatic hydroxyl groups is 1. The summed E-state index contributed by atoms with van der Waals surface area (Å²) in [4.78, 5) is 35.0. The molecule has 12 heteroatoms. The lowest BCUT2D eigenvalue weighted by Crippen LogP contribution is -2.66. The molecule has 0 aliphatic carbocycles. The number of rotatable bonds is 6. The second-order valence-electron chi connectivity index (χ2n) is 11.2. The van der Waals surface area contributed by atoms with E-state index in [1.807, 2.05) is 6.07 Å². The molecular formula is C27H34F2N8O2. The van der Waals surface area contributed by atoms with Crippen LogP contribution >= 0.6 is 0 Å².